The predicted molar refractivity (Wildman–Crippen MR) is 104 cm³/mol. The summed E-state index contributed by atoms with van der Waals surface area (Å²) in [6.45, 7) is 9.82. The van der Waals surface area contributed by atoms with E-state index in [9.17, 15) is 9.59 Å². The van der Waals surface area contributed by atoms with Crippen LogP contribution in [0.2, 0.25) is 0 Å². The molecule has 0 bridgehead atoms. The summed E-state index contributed by atoms with van der Waals surface area (Å²) >= 11 is 0. The average Bonchev–Trinajstić information content (AvgIpc) is 2.67. The van der Waals surface area contributed by atoms with Crippen molar-refractivity contribution < 1.29 is 14.3 Å². The van der Waals surface area contributed by atoms with Crippen LogP contribution in [-0.2, 0) is 9.53 Å². The largest absolute Gasteiger partial charge is 0.444 e. The second-order valence-electron chi connectivity index (χ2n) is 8.24. The number of anilines is 1. The molecule has 7 heteroatoms. The molecule has 2 saturated heterocycles. The van der Waals surface area contributed by atoms with Gasteiger partial charge in [-0.15, -0.1) is 0 Å². The van der Waals surface area contributed by atoms with Crippen LogP contribution >= 0.6 is 0 Å². The van der Waals surface area contributed by atoms with Crippen LogP contribution in [0.4, 0.5) is 10.6 Å². The van der Waals surface area contributed by atoms with Gasteiger partial charge in [0.15, 0.2) is 0 Å². The Kier molecular flexibility index (Phi) is 5.87. The smallest absolute Gasteiger partial charge is 0.410 e. The molecular weight excluding hydrogens is 344 g/mol. The molecule has 0 unspecified atom stereocenters. The van der Waals surface area contributed by atoms with Crippen LogP contribution in [0.5, 0.6) is 0 Å². The van der Waals surface area contributed by atoms with Crippen LogP contribution in [0, 0.1) is 5.92 Å². The SMILES string of the molecule is CC(C)(C)OC(=O)N1CCC(C(=O)N2CCN(c3ccccn3)CC2)CC1. The fraction of sp³-hybridized carbons (Fsp3) is 0.650. The van der Waals surface area contributed by atoms with Crippen molar-refractivity contribution in [2.75, 3.05) is 44.2 Å². The van der Waals surface area contributed by atoms with E-state index in [1.165, 1.54) is 0 Å². The number of rotatable bonds is 2. The Hall–Kier alpha value is -2.31. The van der Waals surface area contributed by atoms with Crippen molar-refractivity contribution in [1.29, 1.82) is 0 Å². The molecule has 7 nitrogen and oxygen atoms in total. The lowest BCUT2D eigenvalue weighted by Gasteiger charge is -2.39. The Morgan fingerprint density at radius 1 is 1.00 bits per heavy atom. The third-order valence-electron chi connectivity index (χ3n) is 5.06. The highest BCUT2D eigenvalue weighted by molar-refractivity contribution is 5.79. The van der Waals surface area contributed by atoms with Gasteiger partial charge in [-0.2, -0.15) is 0 Å². The van der Waals surface area contributed by atoms with Gasteiger partial charge in [-0.05, 0) is 45.7 Å². The summed E-state index contributed by atoms with van der Waals surface area (Å²) < 4.78 is 5.42. The maximum atomic E-state index is 12.9. The van der Waals surface area contributed by atoms with Crippen LogP contribution in [0.25, 0.3) is 0 Å². The normalized spacial score (nSPS) is 19.1. The Morgan fingerprint density at radius 3 is 2.22 bits per heavy atom. The molecule has 1 aromatic rings. The molecule has 2 fully saturated rings. The number of ether oxygens (including phenoxy) is 1. The van der Waals surface area contributed by atoms with E-state index < -0.39 is 5.60 Å². The average molecular weight is 374 g/mol. The Balaban J connectivity index is 1.45. The first kappa shape index (κ1) is 19.5. The van der Waals surface area contributed by atoms with Gasteiger partial charge in [-0.3, -0.25) is 4.79 Å². The number of aromatic nitrogens is 1. The van der Waals surface area contributed by atoms with Crippen molar-refractivity contribution in [3.05, 3.63) is 24.4 Å². The summed E-state index contributed by atoms with van der Waals surface area (Å²) in [4.78, 5) is 35.3. The van der Waals surface area contributed by atoms with Crippen molar-refractivity contribution in [3.63, 3.8) is 0 Å². The van der Waals surface area contributed by atoms with Gasteiger partial charge >= 0.3 is 6.09 Å². The van der Waals surface area contributed by atoms with Crippen LogP contribution in [-0.4, -0.2) is 71.7 Å². The molecule has 0 N–H and O–H groups in total. The van der Waals surface area contributed by atoms with Crippen LogP contribution in [0.1, 0.15) is 33.6 Å². The second-order valence-corrected chi connectivity index (χ2v) is 8.24. The van der Waals surface area contributed by atoms with E-state index in [1.807, 2.05) is 43.9 Å². The quantitative estimate of drug-likeness (QED) is 0.795. The van der Waals surface area contributed by atoms with E-state index in [1.54, 1.807) is 11.1 Å². The van der Waals surface area contributed by atoms with Crippen molar-refractivity contribution in [2.45, 2.75) is 39.2 Å². The maximum Gasteiger partial charge on any atom is 0.410 e. The Morgan fingerprint density at radius 2 is 1.67 bits per heavy atom. The number of carbonyl (C=O) groups is 2. The number of piperidine rings is 1. The standard InChI is InChI=1S/C20H30N4O3/c1-20(2,3)27-19(26)24-10-7-16(8-11-24)18(25)23-14-12-22(13-15-23)17-6-4-5-9-21-17/h4-6,9,16H,7-8,10-15H2,1-3H3. The molecular formula is C20H30N4O3. The number of piperazine rings is 1. The van der Waals surface area contributed by atoms with Crippen LogP contribution in [0.15, 0.2) is 24.4 Å². The molecule has 0 atom stereocenters. The van der Waals surface area contributed by atoms with Gasteiger partial charge in [-0.1, -0.05) is 6.07 Å². The van der Waals surface area contributed by atoms with Crippen LogP contribution in [0.3, 0.4) is 0 Å². The fourth-order valence-corrected chi connectivity index (χ4v) is 3.59. The van der Waals surface area contributed by atoms with Crippen molar-refractivity contribution in [1.82, 2.24) is 14.8 Å². The molecule has 3 rings (SSSR count). The monoisotopic (exact) mass is 374 g/mol. The molecule has 0 aliphatic carbocycles. The van der Waals surface area contributed by atoms with Gasteiger partial charge in [0.1, 0.15) is 11.4 Å². The van der Waals surface area contributed by atoms with Crippen molar-refractivity contribution in [2.24, 2.45) is 5.92 Å². The van der Waals surface area contributed by atoms with E-state index in [4.69, 9.17) is 4.74 Å². The minimum atomic E-state index is -0.489. The summed E-state index contributed by atoms with van der Waals surface area (Å²) in [7, 11) is 0. The van der Waals surface area contributed by atoms with Crippen molar-refractivity contribution in [3.8, 4) is 0 Å². The first-order valence-corrected chi connectivity index (χ1v) is 9.76. The summed E-state index contributed by atoms with van der Waals surface area (Å²) in [5.74, 6) is 1.19. The number of hydrogen-bond donors (Lipinski definition) is 0. The predicted octanol–water partition coefficient (Wildman–Crippen LogP) is 2.38. The van der Waals surface area contributed by atoms with E-state index in [-0.39, 0.29) is 17.9 Å². The summed E-state index contributed by atoms with van der Waals surface area (Å²) in [6.07, 6.45) is 2.93. The Labute approximate surface area is 161 Å². The molecule has 2 amide bonds. The van der Waals surface area contributed by atoms with Gasteiger partial charge in [0.25, 0.3) is 0 Å². The lowest BCUT2D eigenvalue weighted by Crippen LogP contribution is -2.52. The highest BCUT2D eigenvalue weighted by Gasteiger charge is 2.33. The molecule has 27 heavy (non-hydrogen) atoms. The number of nitrogens with zero attached hydrogens (tertiary/aromatic N) is 4. The first-order valence-electron chi connectivity index (χ1n) is 9.76. The molecule has 2 aliphatic rings. The van der Waals surface area contributed by atoms with Crippen LogP contribution < -0.4 is 4.90 Å². The summed E-state index contributed by atoms with van der Waals surface area (Å²) in [5.41, 5.74) is -0.489. The lowest BCUT2D eigenvalue weighted by atomic mass is 9.95. The third-order valence-corrected chi connectivity index (χ3v) is 5.06. The number of hydrogen-bond acceptors (Lipinski definition) is 5. The van der Waals surface area contributed by atoms with E-state index >= 15 is 0 Å². The zero-order valence-corrected chi connectivity index (χ0v) is 16.6. The second kappa shape index (κ2) is 8.15. The zero-order valence-electron chi connectivity index (χ0n) is 16.6. The molecule has 0 saturated carbocycles. The zero-order chi connectivity index (χ0) is 19.4. The molecule has 2 aliphatic heterocycles. The first-order chi connectivity index (χ1) is 12.8. The van der Waals surface area contributed by atoms with Gasteiger partial charge in [0, 0.05) is 51.4 Å². The van der Waals surface area contributed by atoms with Gasteiger partial charge in [0.05, 0.1) is 0 Å². The van der Waals surface area contributed by atoms with E-state index in [0.29, 0.717) is 25.9 Å². The van der Waals surface area contributed by atoms with Gasteiger partial charge in [0.2, 0.25) is 5.91 Å². The van der Waals surface area contributed by atoms with Crippen molar-refractivity contribution >= 4 is 17.8 Å². The number of carbonyl (C=O) groups excluding carboxylic acids is 2. The molecule has 0 aromatic carbocycles. The molecule has 148 valence electrons. The third kappa shape index (κ3) is 5.11. The summed E-state index contributed by atoms with van der Waals surface area (Å²) in [6, 6.07) is 5.90. The lowest BCUT2D eigenvalue weighted by molar-refractivity contribution is -0.137. The molecule has 0 spiro atoms. The maximum absolute atomic E-state index is 12.9. The Bertz CT molecular complexity index is 643. The molecule has 0 radical (unpaired) electrons. The number of likely N-dealkylation sites (tertiary alicyclic amines) is 1. The van der Waals surface area contributed by atoms with Gasteiger partial charge in [-0.25, -0.2) is 9.78 Å². The van der Waals surface area contributed by atoms with E-state index in [2.05, 4.69) is 9.88 Å². The summed E-state index contributed by atoms with van der Waals surface area (Å²) in [5, 5.41) is 0. The molecule has 1 aromatic heterocycles. The van der Waals surface area contributed by atoms with Gasteiger partial charge < -0.3 is 19.4 Å². The number of pyridine rings is 1. The number of amides is 2. The minimum Gasteiger partial charge on any atom is -0.444 e. The van der Waals surface area contributed by atoms with E-state index in [0.717, 1.165) is 32.0 Å². The minimum absolute atomic E-state index is 0.00471. The highest BCUT2D eigenvalue weighted by Crippen LogP contribution is 2.23. The fourth-order valence-electron chi connectivity index (χ4n) is 3.59. The topological polar surface area (TPSA) is 66.0 Å². The molecule has 3 heterocycles. The highest BCUT2D eigenvalue weighted by atomic mass is 16.6.